The van der Waals surface area contributed by atoms with Crippen LogP contribution in [0.5, 0.6) is 0 Å². The SMILES string of the molecule is O=C1CC(N2C(=O)CC3(Cc4ccccc4C3)C2=O)C(=O)N1. The number of rotatable bonds is 1. The van der Waals surface area contributed by atoms with Gasteiger partial charge >= 0.3 is 0 Å². The van der Waals surface area contributed by atoms with Crippen molar-refractivity contribution in [3.8, 4) is 0 Å². The average molecular weight is 298 g/mol. The minimum absolute atomic E-state index is 0.110. The summed E-state index contributed by atoms with van der Waals surface area (Å²) in [6, 6.07) is 6.79. The van der Waals surface area contributed by atoms with E-state index in [9.17, 15) is 19.2 Å². The van der Waals surface area contributed by atoms with Crippen LogP contribution in [0.15, 0.2) is 24.3 Å². The second kappa shape index (κ2) is 4.25. The lowest BCUT2D eigenvalue weighted by Gasteiger charge is -2.23. The molecule has 2 heterocycles. The van der Waals surface area contributed by atoms with E-state index in [0.29, 0.717) is 12.8 Å². The van der Waals surface area contributed by atoms with Crippen LogP contribution in [0.2, 0.25) is 0 Å². The lowest BCUT2D eigenvalue weighted by atomic mass is 9.83. The Morgan fingerprint density at radius 1 is 1.00 bits per heavy atom. The van der Waals surface area contributed by atoms with Crippen LogP contribution in [0.3, 0.4) is 0 Å². The fourth-order valence-corrected chi connectivity index (χ4v) is 3.85. The summed E-state index contributed by atoms with van der Waals surface area (Å²) in [6.07, 6.45) is 1.02. The van der Waals surface area contributed by atoms with Gasteiger partial charge in [0.15, 0.2) is 0 Å². The lowest BCUT2D eigenvalue weighted by molar-refractivity contribution is -0.147. The molecule has 0 bridgehead atoms. The first-order chi connectivity index (χ1) is 10.5. The lowest BCUT2D eigenvalue weighted by Crippen LogP contribution is -2.46. The monoisotopic (exact) mass is 298 g/mol. The molecule has 1 spiro atoms. The van der Waals surface area contributed by atoms with E-state index < -0.39 is 23.3 Å². The molecule has 0 aromatic heterocycles. The van der Waals surface area contributed by atoms with Gasteiger partial charge in [-0.15, -0.1) is 0 Å². The van der Waals surface area contributed by atoms with Gasteiger partial charge in [0, 0.05) is 6.42 Å². The molecule has 4 rings (SSSR count). The summed E-state index contributed by atoms with van der Waals surface area (Å²) in [4.78, 5) is 49.4. The van der Waals surface area contributed by atoms with E-state index in [4.69, 9.17) is 0 Å². The van der Waals surface area contributed by atoms with E-state index in [1.807, 2.05) is 24.3 Å². The summed E-state index contributed by atoms with van der Waals surface area (Å²) in [6.45, 7) is 0. The number of nitrogens with zero attached hydrogens (tertiary/aromatic N) is 1. The maximum absolute atomic E-state index is 12.9. The van der Waals surface area contributed by atoms with Crippen LogP contribution >= 0.6 is 0 Å². The first kappa shape index (κ1) is 13.2. The minimum Gasteiger partial charge on any atom is -0.295 e. The van der Waals surface area contributed by atoms with Crippen molar-refractivity contribution in [1.29, 1.82) is 0 Å². The van der Waals surface area contributed by atoms with Gasteiger partial charge in [0.05, 0.1) is 11.8 Å². The summed E-state index contributed by atoms with van der Waals surface area (Å²) < 4.78 is 0. The molecule has 1 unspecified atom stereocenters. The summed E-state index contributed by atoms with van der Waals surface area (Å²) in [5.41, 5.74) is 1.39. The standard InChI is InChI=1S/C16H14N2O4/c19-12-5-11(14(21)17-12)18-13(20)8-16(15(18)22)6-9-3-1-2-4-10(9)7-16/h1-4,11H,5-8H2,(H,17,19,21). The smallest absolute Gasteiger partial charge is 0.250 e. The van der Waals surface area contributed by atoms with E-state index >= 15 is 0 Å². The van der Waals surface area contributed by atoms with Crippen molar-refractivity contribution in [2.75, 3.05) is 0 Å². The van der Waals surface area contributed by atoms with Crippen LogP contribution in [0.4, 0.5) is 0 Å². The number of amides is 4. The van der Waals surface area contributed by atoms with Gasteiger partial charge < -0.3 is 0 Å². The molecule has 1 aliphatic carbocycles. The third kappa shape index (κ3) is 1.66. The zero-order chi connectivity index (χ0) is 15.5. The number of benzene rings is 1. The third-order valence-electron chi connectivity index (χ3n) is 4.86. The zero-order valence-corrected chi connectivity index (χ0v) is 11.8. The Bertz CT molecular complexity index is 714. The Morgan fingerprint density at radius 2 is 1.64 bits per heavy atom. The Labute approximate surface area is 126 Å². The highest BCUT2D eigenvalue weighted by molar-refractivity contribution is 6.14. The predicted molar refractivity (Wildman–Crippen MR) is 74.3 cm³/mol. The highest BCUT2D eigenvalue weighted by Gasteiger charge is 2.57. The van der Waals surface area contributed by atoms with Crippen molar-refractivity contribution >= 4 is 23.6 Å². The van der Waals surface area contributed by atoms with E-state index in [2.05, 4.69) is 5.32 Å². The van der Waals surface area contributed by atoms with Gasteiger partial charge in [-0.3, -0.25) is 29.4 Å². The second-order valence-electron chi connectivity index (χ2n) is 6.28. The number of carbonyl (C=O) groups excluding carboxylic acids is 4. The summed E-state index contributed by atoms with van der Waals surface area (Å²) >= 11 is 0. The topological polar surface area (TPSA) is 83.6 Å². The van der Waals surface area contributed by atoms with Crippen molar-refractivity contribution < 1.29 is 19.2 Å². The summed E-state index contributed by atoms with van der Waals surface area (Å²) in [7, 11) is 0. The van der Waals surface area contributed by atoms with Crippen molar-refractivity contribution in [3.63, 3.8) is 0 Å². The Kier molecular flexibility index (Phi) is 2.55. The van der Waals surface area contributed by atoms with Gasteiger partial charge in [-0.25, -0.2) is 0 Å². The molecule has 1 N–H and O–H groups in total. The van der Waals surface area contributed by atoms with Gasteiger partial charge in [0.2, 0.25) is 23.6 Å². The van der Waals surface area contributed by atoms with E-state index in [0.717, 1.165) is 16.0 Å². The molecule has 2 saturated heterocycles. The molecule has 112 valence electrons. The predicted octanol–water partition coefficient (Wildman–Crippen LogP) is -0.0544. The Balaban J connectivity index is 1.67. The first-order valence-electron chi connectivity index (χ1n) is 7.27. The third-order valence-corrected chi connectivity index (χ3v) is 4.86. The number of fused-ring (bicyclic) bond motifs is 1. The molecular weight excluding hydrogens is 284 g/mol. The zero-order valence-electron chi connectivity index (χ0n) is 11.8. The molecule has 6 nitrogen and oxygen atoms in total. The van der Waals surface area contributed by atoms with Gasteiger partial charge in [0.1, 0.15) is 6.04 Å². The molecule has 0 radical (unpaired) electrons. The molecular formula is C16H14N2O4. The minimum atomic E-state index is -0.976. The number of imide groups is 2. The molecule has 22 heavy (non-hydrogen) atoms. The van der Waals surface area contributed by atoms with Crippen molar-refractivity contribution in [2.24, 2.45) is 5.41 Å². The largest absolute Gasteiger partial charge is 0.295 e. The number of likely N-dealkylation sites (tertiary alicyclic amines) is 1. The highest BCUT2D eigenvalue weighted by Crippen LogP contribution is 2.46. The number of hydrogen-bond acceptors (Lipinski definition) is 4. The Hall–Kier alpha value is -2.50. The fourth-order valence-electron chi connectivity index (χ4n) is 3.85. The molecule has 0 saturated carbocycles. The molecule has 1 atom stereocenters. The Morgan fingerprint density at radius 3 is 2.18 bits per heavy atom. The molecule has 1 aromatic carbocycles. The van der Waals surface area contributed by atoms with Crippen LogP contribution in [0.1, 0.15) is 24.0 Å². The van der Waals surface area contributed by atoms with Crippen LogP contribution in [-0.2, 0) is 32.0 Å². The van der Waals surface area contributed by atoms with Crippen molar-refractivity contribution in [2.45, 2.75) is 31.7 Å². The van der Waals surface area contributed by atoms with E-state index in [1.54, 1.807) is 0 Å². The van der Waals surface area contributed by atoms with Crippen molar-refractivity contribution in [1.82, 2.24) is 10.2 Å². The fraction of sp³-hybridized carbons (Fsp3) is 0.375. The highest BCUT2D eigenvalue weighted by atomic mass is 16.2. The maximum Gasteiger partial charge on any atom is 0.250 e. The molecule has 2 aliphatic heterocycles. The molecule has 3 aliphatic rings. The van der Waals surface area contributed by atoms with Crippen LogP contribution < -0.4 is 5.32 Å². The van der Waals surface area contributed by atoms with Gasteiger partial charge in [-0.1, -0.05) is 24.3 Å². The molecule has 1 aromatic rings. The molecule has 2 fully saturated rings. The summed E-state index contributed by atoms with van der Waals surface area (Å²) in [5.74, 6) is -1.67. The van der Waals surface area contributed by atoms with Crippen LogP contribution in [-0.4, -0.2) is 34.6 Å². The van der Waals surface area contributed by atoms with Gasteiger partial charge in [-0.2, -0.15) is 0 Å². The van der Waals surface area contributed by atoms with Crippen molar-refractivity contribution in [3.05, 3.63) is 35.4 Å². The van der Waals surface area contributed by atoms with Crippen LogP contribution in [0, 0.1) is 5.41 Å². The normalized spacial score (nSPS) is 26.0. The average Bonchev–Trinajstić information content (AvgIpc) is 3.06. The molecule has 6 heteroatoms. The number of hydrogen-bond donors (Lipinski definition) is 1. The van der Waals surface area contributed by atoms with Gasteiger partial charge in [-0.05, 0) is 24.0 Å². The quantitative estimate of drug-likeness (QED) is 0.737. The summed E-state index contributed by atoms with van der Waals surface area (Å²) in [5, 5.41) is 2.16. The van der Waals surface area contributed by atoms with Gasteiger partial charge in [0.25, 0.3) is 0 Å². The first-order valence-corrected chi connectivity index (χ1v) is 7.27. The van der Waals surface area contributed by atoms with E-state index in [-0.39, 0.29) is 24.7 Å². The maximum atomic E-state index is 12.9. The number of nitrogens with one attached hydrogen (secondary N) is 1. The van der Waals surface area contributed by atoms with E-state index in [1.165, 1.54) is 0 Å². The molecule has 4 amide bonds. The second-order valence-corrected chi connectivity index (χ2v) is 6.28. The van der Waals surface area contributed by atoms with Crippen LogP contribution in [0.25, 0.3) is 0 Å². The number of carbonyl (C=O) groups is 4.